The number of nitrogens with one attached hydrogen (secondary N) is 1. The normalized spacial score (nSPS) is 10.3. The fourth-order valence-electron chi connectivity index (χ4n) is 2.34. The summed E-state index contributed by atoms with van der Waals surface area (Å²) in [4.78, 5) is 12.5. The molecule has 1 aromatic carbocycles. The van der Waals surface area contributed by atoms with E-state index in [1.165, 1.54) is 0 Å². The molecule has 0 bridgehead atoms. The van der Waals surface area contributed by atoms with E-state index in [9.17, 15) is 10.1 Å². The molecule has 5 heteroatoms. The quantitative estimate of drug-likeness (QED) is 0.804. The highest BCUT2D eigenvalue weighted by Gasteiger charge is 2.18. The van der Waals surface area contributed by atoms with Crippen molar-refractivity contribution in [3.05, 3.63) is 77.5 Å². The van der Waals surface area contributed by atoms with Gasteiger partial charge in [-0.2, -0.15) is 5.26 Å². The molecule has 0 atom stereocenters. The molecule has 0 unspecified atom stereocenters. The first-order valence-corrected chi connectivity index (χ1v) is 7.18. The molecular formula is C18H15N3O2. The van der Waals surface area contributed by atoms with Crippen LogP contribution in [0.2, 0.25) is 0 Å². The number of benzene rings is 1. The number of amides is 1. The maximum absolute atomic E-state index is 12.5. The van der Waals surface area contributed by atoms with Gasteiger partial charge in [0.05, 0.1) is 18.4 Å². The number of nitrogens with zero attached hydrogens (tertiary/aromatic N) is 2. The van der Waals surface area contributed by atoms with E-state index in [-0.39, 0.29) is 12.5 Å². The lowest BCUT2D eigenvalue weighted by Crippen LogP contribution is -2.25. The SMILES string of the molecule is Cc1ccc(-n2ccc(C#N)c2C(=O)NCc2ccco2)cc1. The number of aromatic nitrogens is 1. The Morgan fingerprint density at radius 3 is 2.70 bits per heavy atom. The van der Waals surface area contributed by atoms with E-state index >= 15 is 0 Å². The Kier molecular flexibility index (Phi) is 3.98. The largest absolute Gasteiger partial charge is 0.467 e. The minimum atomic E-state index is -0.316. The third-order valence-corrected chi connectivity index (χ3v) is 3.54. The lowest BCUT2D eigenvalue weighted by molar-refractivity contribution is 0.0941. The van der Waals surface area contributed by atoms with Crippen molar-refractivity contribution in [3.63, 3.8) is 0 Å². The van der Waals surface area contributed by atoms with Gasteiger partial charge in [-0.25, -0.2) is 0 Å². The van der Waals surface area contributed by atoms with Crippen LogP contribution < -0.4 is 5.32 Å². The van der Waals surface area contributed by atoms with Gasteiger partial charge in [0.25, 0.3) is 5.91 Å². The summed E-state index contributed by atoms with van der Waals surface area (Å²) in [5.41, 5.74) is 2.62. The molecule has 0 aliphatic rings. The van der Waals surface area contributed by atoms with E-state index in [1.54, 1.807) is 35.2 Å². The van der Waals surface area contributed by atoms with Crippen LogP contribution in [-0.2, 0) is 6.54 Å². The van der Waals surface area contributed by atoms with Crippen molar-refractivity contribution >= 4 is 5.91 Å². The first-order chi connectivity index (χ1) is 11.2. The Labute approximate surface area is 133 Å². The Morgan fingerprint density at radius 2 is 2.04 bits per heavy atom. The van der Waals surface area contributed by atoms with Crippen LogP contribution in [0.15, 0.2) is 59.3 Å². The Balaban J connectivity index is 1.90. The molecule has 3 rings (SSSR count). The van der Waals surface area contributed by atoms with Crippen molar-refractivity contribution in [2.45, 2.75) is 13.5 Å². The minimum Gasteiger partial charge on any atom is -0.467 e. The molecular weight excluding hydrogens is 290 g/mol. The summed E-state index contributed by atoms with van der Waals surface area (Å²) in [5.74, 6) is 0.342. The second-order valence-corrected chi connectivity index (χ2v) is 5.16. The maximum Gasteiger partial charge on any atom is 0.270 e. The van der Waals surface area contributed by atoms with Crippen LogP contribution in [0.5, 0.6) is 0 Å². The molecule has 0 saturated heterocycles. The second kappa shape index (κ2) is 6.24. The minimum absolute atomic E-state index is 0.274. The Hall–Kier alpha value is -3.26. The van der Waals surface area contributed by atoms with Crippen molar-refractivity contribution in [3.8, 4) is 11.8 Å². The van der Waals surface area contributed by atoms with E-state index in [4.69, 9.17) is 4.42 Å². The lowest BCUT2D eigenvalue weighted by Gasteiger charge is -2.10. The molecule has 0 spiro atoms. The molecule has 0 fully saturated rings. The molecule has 0 saturated carbocycles. The van der Waals surface area contributed by atoms with Gasteiger partial charge in [0, 0.05) is 11.9 Å². The van der Waals surface area contributed by atoms with Crippen LogP contribution in [0, 0.1) is 18.3 Å². The van der Waals surface area contributed by atoms with E-state index in [0.717, 1.165) is 11.3 Å². The van der Waals surface area contributed by atoms with Crippen molar-refractivity contribution in [1.82, 2.24) is 9.88 Å². The van der Waals surface area contributed by atoms with Gasteiger partial charge in [-0.15, -0.1) is 0 Å². The molecule has 0 aliphatic carbocycles. The summed E-state index contributed by atoms with van der Waals surface area (Å²) in [6, 6.07) is 15.0. The topological polar surface area (TPSA) is 71.0 Å². The van der Waals surface area contributed by atoms with Gasteiger partial charge < -0.3 is 14.3 Å². The molecule has 5 nitrogen and oxygen atoms in total. The number of nitriles is 1. The average Bonchev–Trinajstić information content (AvgIpc) is 3.22. The van der Waals surface area contributed by atoms with Gasteiger partial charge in [-0.3, -0.25) is 4.79 Å². The van der Waals surface area contributed by atoms with Crippen LogP contribution >= 0.6 is 0 Å². The molecule has 0 radical (unpaired) electrons. The summed E-state index contributed by atoms with van der Waals surface area (Å²) in [6.45, 7) is 2.27. The molecule has 114 valence electrons. The summed E-state index contributed by atoms with van der Waals surface area (Å²) in [5, 5.41) is 12.0. The number of carbonyl (C=O) groups excluding carboxylic acids is 1. The number of carbonyl (C=O) groups is 1. The summed E-state index contributed by atoms with van der Waals surface area (Å²) in [7, 11) is 0. The number of furan rings is 1. The van der Waals surface area contributed by atoms with Crippen LogP contribution in [0.4, 0.5) is 0 Å². The second-order valence-electron chi connectivity index (χ2n) is 5.16. The van der Waals surface area contributed by atoms with E-state index in [1.807, 2.05) is 31.2 Å². The van der Waals surface area contributed by atoms with Gasteiger partial charge in [0.1, 0.15) is 17.5 Å². The number of hydrogen-bond acceptors (Lipinski definition) is 3. The third-order valence-electron chi connectivity index (χ3n) is 3.54. The fraction of sp³-hybridized carbons (Fsp3) is 0.111. The number of hydrogen-bond donors (Lipinski definition) is 1. The smallest absolute Gasteiger partial charge is 0.270 e. The van der Waals surface area contributed by atoms with Crippen LogP contribution in [-0.4, -0.2) is 10.5 Å². The van der Waals surface area contributed by atoms with Crippen molar-refractivity contribution in [1.29, 1.82) is 5.26 Å². The average molecular weight is 305 g/mol. The van der Waals surface area contributed by atoms with Crippen molar-refractivity contribution in [2.24, 2.45) is 0 Å². The van der Waals surface area contributed by atoms with Gasteiger partial charge >= 0.3 is 0 Å². The zero-order valence-corrected chi connectivity index (χ0v) is 12.6. The van der Waals surface area contributed by atoms with E-state index in [0.29, 0.717) is 17.0 Å². The van der Waals surface area contributed by atoms with E-state index in [2.05, 4.69) is 11.4 Å². The zero-order chi connectivity index (χ0) is 16.2. The fourth-order valence-corrected chi connectivity index (χ4v) is 2.34. The monoisotopic (exact) mass is 305 g/mol. The first-order valence-electron chi connectivity index (χ1n) is 7.18. The Morgan fingerprint density at radius 1 is 1.26 bits per heavy atom. The van der Waals surface area contributed by atoms with Crippen LogP contribution in [0.3, 0.4) is 0 Å². The molecule has 23 heavy (non-hydrogen) atoms. The summed E-state index contributed by atoms with van der Waals surface area (Å²) in [6.07, 6.45) is 3.28. The summed E-state index contributed by atoms with van der Waals surface area (Å²) >= 11 is 0. The highest BCUT2D eigenvalue weighted by molar-refractivity contribution is 5.95. The molecule has 0 aliphatic heterocycles. The van der Waals surface area contributed by atoms with Gasteiger partial charge in [-0.1, -0.05) is 17.7 Å². The number of aryl methyl sites for hydroxylation is 1. The van der Waals surface area contributed by atoms with Crippen molar-refractivity contribution < 1.29 is 9.21 Å². The summed E-state index contributed by atoms with van der Waals surface area (Å²) < 4.78 is 6.92. The standard InChI is InChI=1S/C18H15N3O2/c1-13-4-6-15(7-5-13)21-9-8-14(11-19)17(21)18(22)20-12-16-3-2-10-23-16/h2-10H,12H2,1H3,(H,20,22). The van der Waals surface area contributed by atoms with Crippen molar-refractivity contribution in [2.75, 3.05) is 0 Å². The Bertz CT molecular complexity index is 853. The van der Waals surface area contributed by atoms with Gasteiger partial charge in [0.15, 0.2) is 0 Å². The maximum atomic E-state index is 12.5. The first kappa shape index (κ1) is 14.7. The number of rotatable bonds is 4. The highest BCUT2D eigenvalue weighted by atomic mass is 16.3. The molecule has 2 heterocycles. The predicted octanol–water partition coefficient (Wildman–Crippen LogP) is 3.18. The third kappa shape index (κ3) is 3.01. The zero-order valence-electron chi connectivity index (χ0n) is 12.6. The van der Waals surface area contributed by atoms with Gasteiger partial charge in [0.2, 0.25) is 0 Å². The highest BCUT2D eigenvalue weighted by Crippen LogP contribution is 2.18. The predicted molar refractivity (Wildman–Crippen MR) is 85.1 cm³/mol. The molecule has 2 aromatic heterocycles. The molecule has 1 amide bonds. The lowest BCUT2D eigenvalue weighted by atomic mass is 10.2. The van der Waals surface area contributed by atoms with Gasteiger partial charge in [-0.05, 0) is 37.3 Å². The molecule has 3 aromatic rings. The van der Waals surface area contributed by atoms with E-state index < -0.39 is 0 Å². The van der Waals surface area contributed by atoms with Crippen LogP contribution in [0.25, 0.3) is 5.69 Å². The molecule has 1 N–H and O–H groups in total. The van der Waals surface area contributed by atoms with Crippen LogP contribution in [0.1, 0.15) is 27.4 Å².